The number of likely N-dealkylation sites (tertiary alicyclic amines) is 1. The number of aryl methyl sites for hydroxylation is 1. The summed E-state index contributed by atoms with van der Waals surface area (Å²) in [6, 6.07) is 7.24. The molecular formula is C28H38F3N7O2. The Labute approximate surface area is 233 Å². The van der Waals surface area contributed by atoms with Crippen LogP contribution in [0.2, 0.25) is 0 Å². The van der Waals surface area contributed by atoms with E-state index in [-0.39, 0.29) is 24.2 Å². The van der Waals surface area contributed by atoms with Crippen molar-refractivity contribution in [3.8, 4) is 0 Å². The van der Waals surface area contributed by atoms with Gasteiger partial charge in [-0.1, -0.05) is 6.92 Å². The van der Waals surface area contributed by atoms with Gasteiger partial charge in [0.05, 0.1) is 19.6 Å². The van der Waals surface area contributed by atoms with E-state index < -0.39 is 11.7 Å². The number of halogens is 3. The first-order valence-corrected chi connectivity index (χ1v) is 14.1. The Bertz CT molecular complexity index is 1180. The summed E-state index contributed by atoms with van der Waals surface area (Å²) in [7, 11) is 2.17. The first-order valence-electron chi connectivity index (χ1n) is 14.1. The van der Waals surface area contributed by atoms with E-state index in [4.69, 9.17) is 4.74 Å². The van der Waals surface area contributed by atoms with Crippen LogP contribution >= 0.6 is 0 Å². The lowest BCUT2D eigenvalue weighted by atomic mass is 10.1. The highest BCUT2D eigenvalue weighted by Gasteiger charge is 2.39. The number of benzene rings is 1. The highest BCUT2D eigenvalue weighted by Crippen LogP contribution is 2.37. The van der Waals surface area contributed by atoms with Crippen LogP contribution in [0.15, 0.2) is 24.4 Å². The molecule has 3 aliphatic rings. The summed E-state index contributed by atoms with van der Waals surface area (Å²) >= 11 is 0. The van der Waals surface area contributed by atoms with E-state index in [0.29, 0.717) is 51.2 Å². The van der Waals surface area contributed by atoms with Crippen LogP contribution < -0.4 is 15.5 Å². The maximum absolute atomic E-state index is 13.7. The summed E-state index contributed by atoms with van der Waals surface area (Å²) in [5.41, 5.74) is 2.10. The molecule has 12 heteroatoms. The van der Waals surface area contributed by atoms with Gasteiger partial charge in [-0.3, -0.25) is 4.79 Å². The molecule has 0 aliphatic carbocycles. The van der Waals surface area contributed by atoms with Crippen molar-refractivity contribution in [2.24, 2.45) is 0 Å². The summed E-state index contributed by atoms with van der Waals surface area (Å²) in [6.45, 7) is 6.19. The van der Waals surface area contributed by atoms with E-state index in [0.717, 1.165) is 37.0 Å². The Balaban J connectivity index is 1.28. The number of hydrogen-bond donors (Lipinski definition) is 2. The van der Waals surface area contributed by atoms with Crippen molar-refractivity contribution in [2.75, 3.05) is 68.5 Å². The minimum Gasteiger partial charge on any atom is -0.379 e. The standard InChI is InChI=1S/C28H38F3N7O2/c1-3-19-15-20(38-21-5-6-22(38)18-36(2)17-21)7-8-24(19)34-27-33-16-23(28(29,30)31)26(35-27)32-10-4-11-37-12-14-40-13-9-25(37)39/h7-8,15-16,21-22H,3-6,9-14,17-18H2,1-2H3,(H2,32,33,34,35)/t21-,22+. The summed E-state index contributed by atoms with van der Waals surface area (Å²) in [6.07, 6.45) is 0.149. The van der Waals surface area contributed by atoms with E-state index >= 15 is 0 Å². The number of anilines is 4. The fraction of sp³-hybridized carbons (Fsp3) is 0.607. The van der Waals surface area contributed by atoms with Crippen LogP contribution in [-0.4, -0.2) is 90.7 Å². The molecule has 218 valence electrons. The van der Waals surface area contributed by atoms with Gasteiger partial charge < -0.3 is 30.1 Å². The van der Waals surface area contributed by atoms with E-state index in [1.54, 1.807) is 4.90 Å². The Hall–Kier alpha value is -3.12. The van der Waals surface area contributed by atoms with Crippen LogP contribution in [0.1, 0.15) is 43.7 Å². The van der Waals surface area contributed by atoms with Gasteiger partial charge in [-0.05, 0) is 56.5 Å². The number of hydrogen-bond acceptors (Lipinski definition) is 8. The quantitative estimate of drug-likeness (QED) is 0.442. The predicted octanol–water partition coefficient (Wildman–Crippen LogP) is 4.14. The second kappa shape index (κ2) is 12.2. The monoisotopic (exact) mass is 561 g/mol. The molecule has 0 radical (unpaired) electrons. The number of piperazine rings is 1. The Morgan fingerprint density at radius 1 is 1.15 bits per heavy atom. The number of likely N-dealkylation sites (N-methyl/N-ethyl adjacent to an activating group) is 1. The van der Waals surface area contributed by atoms with Gasteiger partial charge >= 0.3 is 6.18 Å². The van der Waals surface area contributed by atoms with Gasteiger partial charge in [0.1, 0.15) is 11.4 Å². The average Bonchev–Trinajstić information content (AvgIpc) is 3.05. The Morgan fingerprint density at radius 3 is 2.65 bits per heavy atom. The van der Waals surface area contributed by atoms with E-state index in [1.807, 2.05) is 6.07 Å². The van der Waals surface area contributed by atoms with Gasteiger partial charge in [-0.25, -0.2) is 4.98 Å². The molecule has 2 N–H and O–H groups in total. The highest BCUT2D eigenvalue weighted by molar-refractivity contribution is 5.76. The van der Waals surface area contributed by atoms with Crippen molar-refractivity contribution < 1.29 is 22.7 Å². The SMILES string of the molecule is CCc1cc(N2[C@@H]3CC[C@H]2CN(C)C3)ccc1Nc1ncc(C(F)(F)F)c(NCCCN2CCOCCC2=O)n1. The first-order chi connectivity index (χ1) is 19.2. The van der Waals surface area contributed by atoms with E-state index in [2.05, 4.69) is 56.5 Å². The number of nitrogens with zero attached hydrogens (tertiary/aromatic N) is 5. The molecule has 9 nitrogen and oxygen atoms in total. The number of carbonyl (C=O) groups excluding carboxylic acids is 1. The molecule has 1 amide bonds. The van der Waals surface area contributed by atoms with E-state index in [1.165, 1.54) is 18.5 Å². The molecule has 3 saturated heterocycles. The topological polar surface area (TPSA) is 85.9 Å². The number of rotatable bonds is 9. The molecule has 0 spiro atoms. The third kappa shape index (κ3) is 6.43. The largest absolute Gasteiger partial charge is 0.421 e. The number of amides is 1. The smallest absolute Gasteiger partial charge is 0.379 e. The van der Waals surface area contributed by atoms with Gasteiger partial charge in [0.2, 0.25) is 11.9 Å². The molecule has 2 atom stereocenters. The number of nitrogens with one attached hydrogen (secondary N) is 2. The molecule has 3 fully saturated rings. The number of alkyl halides is 3. The molecule has 0 unspecified atom stereocenters. The number of carbonyl (C=O) groups is 1. The third-order valence-corrected chi connectivity index (χ3v) is 7.99. The zero-order chi connectivity index (χ0) is 28.3. The molecule has 3 aliphatic heterocycles. The molecule has 4 heterocycles. The van der Waals surface area contributed by atoms with Gasteiger partial charge in [0.15, 0.2) is 0 Å². The second-order valence-electron chi connectivity index (χ2n) is 10.8. The Morgan fingerprint density at radius 2 is 1.93 bits per heavy atom. The van der Waals surface area contributed by atoms with Crippen LogP contribution in [0.5, 0.6) is 0 Å². The van der Waals surface area contributed by atoms with Crippen LogP contribution in [-0.2, 0) is 22.1 Å². The lowest BCUT2D eigenvalue weighted by Crippen LogP contribution is -2.52. The van der Waals surface area contributed by atoms with Crippen LogP contribution in [0.4, 0.5) is 36.3 Å². The Kier molecular flexibility index (Phi) is 8.65. The summed E-state index contributed by atoms with van der Waals surface area (Å²) < 4.78 is 46.5. The van der Waals surface area contributed by atoms with Crippen molar-refractivity contribution in [3.05, 3.63) is 35.5 Å². The molecule has 2 bridgehead atoms. The molecule has 2 aromatic rings. The molecule has 1 aromatic carbocycles. The first kappa shape index (κ1) is 28.4. The van der Waals surface area contributed by atoms with Gasteiger partial charge in [-0.2, -0.15) is 18.2 Å². The normalized spacial score (nSPS) is 22.0. The van der Waals surface area contributed by atoms with Crippen molar-refractivity contribution in [1.29, 1.82) is 0 Å². The zero-order valence-electron chi connectivity index (χ0n) is 23.1. The lowest BCUT2D eigenvalue weighted by Gasteiger charge is -2.41. The van der Waals surface area contributed by atoms with Crippen molar-refractivity contribution in [1.82, 2.24) is 19.8 Å². The van der Waals surface area contributed by atoms with Crippen LogP contribution in [0.25, 0.3) is 0 Å². The predicted molar refractivity (Wildman–Crippen MR) is 148 cm³/mol. The molecular weight excluding hydrogens is 523 g/mol. The second-order valence-corrected chi connectivity index (χ2v) is 10.8. The summed E-state index contributed by atoms with van der Waals surface area (Å²) in [5, 5.41) is 5.98. The molecule has 0 saturated carbocycles. The van der Waals surface area contributed by atoms with Crippen LogP contribution in [0.3, 0.4) is 0 Å². The maximum atomic E-state index is 13.7. The fourth-order valence-corrected chi connectivity index (χ4v) is 6.03. The maximum Gasteiger partial charge on any atom is 0.421 e. The zero-order valence-corrected chi connectivity index (χ0v) is 23.1. The molecule has 1 aromatic heterocycles. The fourth-order valence-electron chi connectivity index (χ4n) is 6.03. The molecule has 5 rings (SSSR count). The van der Waals surface area contributed by atoms with Gasteiger partial charge in [-0.15, -0.1) is 0 Å². The molecule has 40 heavy (non-hydrogen) atoms. The minimum atomic E-state index is -4.60. The number of ether oxygens (including phenoxy) is 1. The highest BCUT2D eigenvalue weighted by atomic mass is 19.4. The summed E-state index contributed by atoms with van der Waals surface area (Å²) in [4.78, 5) is 27.0. The minimum absolute atomic E-state index is 0.0000228. The number of aromatic nitrogens is 2. The number of fused-ring (bicyclic) bond motifs is 2. The van der Waals surface area contributed by atoms with Gasteiger partial charge in [0, 0.05) is 62.4 Å². The lowest BCUT2D eigenvalue weighted by molar-refractivity contribution is -0.137. The van der Waals surface area contributed by atoms with Gasteiger partial charge in [0.25, 0.3) is 0 Å². The third-order valence-electron chi connectivity index (χ3n) is 7.99. The van der Waals surface area contributed by atoms with Crippen molar-refractivity contribution >= 4 is 29.0 Å². The summed E-state index contributed by atoms with van der Waals surface area (Å²) in [5.74, 6) is -0.184. The van der Waals surface area contributed by atoms with Crippen LogP contribution in [0, 0.1) is 0 Å². The average molecular weight is 562 g/mol. The van der Waals surface area contributed by atoms with E-state index in [9.17, 15) is 18.0 Å². The van der Waals surface area contributed by atoms with Crippen molar-refractivity contribution in [2.45, 2.75) is 57.3 Å². The van der Waals surface area contributed by atoms with Crippen molar-refractivity contribution in [3.63, 3.8) is 0 Å².